The van der Waals surface area contributed by atoms with E-state index >= 15 is 0 Å². The van der Waals surface area contributed by atoms with Crippen LogP contribution in [0.1, 0.15) is 24.4 Å². The van der Waals surface area contributed by atoms with Crippen LogP contribution in [0.3, 0.4) is 0 Å². The second kappa shape index (κ2) is 4.95. The van der Waals surface area contributed by atoms with Crippen molar-refractivity contribution in [2.24, 2.45) is 5.73 Å². The molecule has 0 radical (unpaired) electrons. The summed E-state index contributed by atoms with van der Waals surface area (Å²) in [6.45, 7) is 3.73. The summed E-state index contributed by atoms with van der Waals surface area (Å²) in [5, 5.41) is 2.52. The molecule has 1 nitrogen and oxygen atoms in total. The van der Waals surface area contributed by atoms with E-state index in [1.807, 2.05) is 6.08 Å². The Morgan fingerprint density at radius 2 is 1.88 bits per heavy atom. The van der Waals surface area contributed by atoms with Crippen molar-refractivity contribution in [2.45, 2.75) is 18.9 Å². The SMILES string of the molecule is C=CCCC(N)c1cccc2ccccc12. The highest BCUT2D eigenvalue weighted by Gasteiger charge is 2.08. The Hall–Kier alpha value is -1.60. The summed E-state index contributed by atoms with van der Waals surface area (Å²) in [4.78, 5) is 0. The van der Waals surface area contributed by atoms with E-state index in [0.29, 0.717) is 0 Å². The maximum Gasteiger partial charge on any atom is 0.0303 e. The van der Waals surface area contributed by atoms with E-state index in [-0.39, 0.29) is 6.04 Å². The quantitative estimate of drug-likeness (QED) is 0.765. The molecule has 2 N–H and O–H groups in total. The number of rotatable bonds is 4. The molecular formula is C15H17N. The molecule has 0 fully saturated rings. The summed E-state index contributed by atoms with van der Waals surface area (Å²) in [7, 11) is 0. The number of fused-ring (bicyclic) bond motifs is 1. The van der Waals surface area contributed by atoms with Crippen LogP contribution in [0.15, 0.2) is 55.1 Å². The van der Waals surface area contributed by atoms with Crippen LogP contribution in [0.4, 0.5) is 0 Å². The van der Waals surface area contributed by atoms with Gasteiger partial charge in [-0.05, 0) is 29.2 Å². The molecule has 0 bridgehead atoms. The van der Waals surface area contributed by atoms with Crippen molar-refractivity contribution in [3.05, 3.63) is 60.7 Å². The number of hydrogen-bond acceptors (Lipinski definition) is 1. The van der Waals surface area contributed by atoms with Crippen molar-refractivity contribution in [1.82, 2.24) is 0 Å². The van der Waals surface area contributed by atoms with Gasteiger partial charge in [-0.1, -0.05) is 48.5 Å². The predicted octanol–water partition coefficient (Wildman–Crippen LogP) is 3.81. The van der Waals surface area contributed by atoms with Crippen LogP contribution in [0.5, 0.6) is 0 Å². The summed E-state index contributed by atoms with van der Waals surface area (Å²) >= 11 is 0. The largest absolute Gasteiger partial charge is 0.324 e. The Kier molecular flexibility index (Phi) is 3.37. The Labute approximate surface area is 96.6 Å². The van der Waals surface area contributed by atoms with Gasteiger partial charge in [0.25, 0.3) is 0 Å². The third kappa shape index (κ3) is 2.15. The molecule has 1 atom stereocenters. The number of allylic oxidation sites excluding steroid dienone is 1. The van der Waals surface area contributed by atoms with Gasteiger partial charge in [-0.25, -0.2) is 0 Å². The lowest BCUT2D eigenvalue weighted by Crippen LogP contribution is -2.10. The van der Waals surface area contributed by atoms with E-state index in [1.165, 1.54) is 16.3 Å². The zero-order valence-electron chi connectivity index (χ0n) is 9.39. The van der Waals surface area contributed by atoms with E-state index < -0.39 is 0 Å². The number of hydrogen-bond donors (Lipinski definition) is 1. The predicted molar refractivity (Wildman–Crippen MR) is 70.3 cm³/mol. The lowest BCUT2D eigenvalue weighted by Gasteiger charge is -2.13. The summed E-state index contributed by atoms with van der Waals surface area (Å²) in [6.07, 6.45) is 3.84. The molecule has 2 aromatic rings. The molecule has 0 aromatic heterocycles. The molecule has 2 rings (SSSR count). The minimum Gasteiger partial charge on any atom is -0.324 e. The maximum absolute atomic E-state index is 6.20. The molecule has 0 aliphatic carbocycles. The molecule has 82 valence electrons. The average molecular weight is 211 g/mol. The third-order valence-electron chi connectivity index (χ3n) is 2.90. The second-order valence-corrected chi connectivity index (χ2v) is 4.04. The number of nitrogens with two attached hydrogens (primary N) is 1. The van der Waals surface area contributed by atoms with Crippen LogP contribution in [-0.4, -0.2) is 0 Å². The molecular weight excluding hydrogens is 194 g/mol. The first-order valence-electron chi connectivity index (χ1n) is 5.67. The van der Waals surface area contributed by atoms with Gasteiger partial charge in [0.05, 0.1) is 0 Å². The van der Waals surface area contributed by atoms with E-state index in [1.54, 1.807) is 0 Å². The molecule has 16 heavy (non-hydrogen) atoms. The second-order valence-electron chi connectivity index (χ2n) is 4.04. The first kappa shape index (κ1) is 10.9. The lowest BCUT2D eigenvalue weighted by atomic mass is 9.96. The Bertz CT molecular complexity index is 482. The highest BCUT2D eigenvalue weighted by atomic mass is 14.6. The van der Waals surface area contributed by atoms with Crippen molar-refractivity contribution in [3.8, 4) is 0 Å². The van der Waals surface area contributed by atoms with Gasteiger partial charge in [0, 0.05) is 6.04 Å². The highest BCUT2D eigenvalue weighted by Crippen LogP contribution is 2.25. The van der Waals surface area contributed by atoms with Crippen LogP contribution >= 0.6 is 0 Å². The fourth-order valence-electron chi connectivity index (χ4n) is 2.03. The van der Waals surface area contributed by atoms with Crippen molar-refractivity contribution in [2.75, 3.05) is 0 Å². The van der Waals surface area contributed by atoms with Crippen molar-refractivity contribution in [1.29, 1.82) is 0 Å². The van der Waals surface area contributed by atoms with Crippen LogP contribution < -0.4 is 5.73 Å². The van der Waals surface area contributed by atoms with Crippen LogP contribution in [0.2, 0.25) is 0 Å². The van der Waals surface area contributed by atoms with Crippen LogP contribution in [0.25, 0.3) is 10.8 Å². The van der Waals surface area contributed by atoms with Crippen molar-refractivity contribution < 1.29 is 0 Å². The normalized spacial score (nSPS) is 12.6. The van der Waals surface area contributed by atoms with E-state index in [9.17, 15) is 0 Å². The van der Waals surface area contributed by atoms with E-state index in [2.05, 4.69) is 49.0 Å². The monoisotopic (exact) mass is 211 g/mol. The minimum atomic E-state index is 0.101. The van der Waals surface area contributed by atoms with Gasteiger partial charge >= 0.3 is 0 Å². The first-order valence-corrected chi connectivity index (χ1v) is 5.67. The molecule has 0 spiro atoms. The molecule has 1 heteroatoms. The standard InChI is InChI=1S/C15H17N/c1-2-3-11-15(16)14-10-6-8-12-7-4-5-9-13(12)14/h2,4-10,15H,1,3,11,16H2. The lowest BCUT2D eigenvalue weighted by molar-refractivity contribution is 0.666. The molecule has 2 aromatic carbocycles. The molecule has 0 saturated heterocycles. The summed E-state index contributed by atoms with van der Waals surface area (Å²) in [6, 6.07) is 14.8. The number of benzene rings is 2. The molecule has 0 saturated carbocycles. The molecule has 0 amide bonds. The maximum atomic E-state index is 6.20. The summed E-state index contributed by atoms with van der Waals surface area (Å²) < 4.78 is 0. The van der Waals surface area contributed by atoms with Gasteiger partial charge in [0.15, 0.2) is 0 Å². The molecule has 0 aliphatic heterocycles. The fourth-order valence-corrected chi connectivity index (χ4v) is 2.03. The third-order valence-corrected chi connectivity index (χ3v) is 2.90. The van der Waals surface area contributed by atoms with Gasteiger partial charge < -0.3 is 5.73 Å². The van der Waals surface area contributed by atoms with Gasteiger partial charge in [-0.3, -0.25) is 0 Å². The smallest absolute Gasteiger partial charge is 0.0303 e. The molecule has 1 unspecified atom stereocenters. The van der Waals surface area contributed by atoms with Crippen molar-refractivity contribution >= 4 is 10.8 Å². The minimum absolute atomic E-state index is 0.101. The fraction of sp³-hybridized carbons (Fsp3) is 0.200. The molecule has 0 heterocycles. The first-order chi connectivity index (χ1) is 7.83. The average Bonchev–Trinajstić information content (AvgIpc) is 2.35. The zero-order chi connectivity index (χ0) is 11.4. The molecule has 0 aliphatic rings. The summed E-state index contributed by atoms with van der Waals surface area (Å²) in [5.74, 6) is 0. The topological polar surface area (TPSA) is 26.0 Å². The van der Waals surface area contributed by atoms with Gasteiger partial charge in [-0.2, -0.15) is 0 Å². The Morgan fingerprint density at radius 3 is 2.69 bits per heavy atom. The highest BCUT2D eigenvalue weighted by molar-refractivity contribution is 5.86. The Balaban J connectivity index is 2.39. The Morgan fingerprint density at radius 1 is 1.12 bits per heavy atom. The van der Waals surface area contributed by atoms with E-state index in [4.69, 9.17) is 5.73 Å². The van der Waals surface area contributed by atoms with E-state index in [0.717, 1.165) is 12.8 Å². The van der Waals surface area contributed by atoms with Crippen LogP contribution in [-0.2, 0) is 0 Å². The van der Waals surface area contributed by atoms with Gasteiger partial charge in [0.2, 0.25) is 0 Å². The van der Waals surface area contributed by atoms with Crippen LogP contribution in [0, 0.1) is 0 Å². The zero-order valence-corrected chi connectivity index (χ0v) is 9.39. The van der Waals surface area contributed by atoms with Gasteiger partial charge in [0.1, 0.15) is 0 Å². The van der Waals surface area contributed by atoms with Gasteiger partial charge in [-0.15, -0.1) is 6.58 Å². The summed E-state index contributed by atoms with van der Waals surface area (Å²) in [5.41, 5.74) is 7.44. The van der Waals surface area contributed by atoms with Crippen molar-refractivity contribution in [3.63, 3.8) is 0 Å².